The van der Waals surface area contributed by atoms with Crippen LogP contribution in [-0.4, -0.2) is 46.3 Å². The van der Waals surface area contributed by atoms with E-state index in [2.05, 4.69) is 15.3 Å². The molecule has 1 spiro atoms. The molecule has 8 nitrogen and oxygen atoms in total. The summed E-state index contributed by atoms with van der Waals surface area (Å²) in [5.41, 5.74) is 1.21. The quantitative estimate of drug-likeness (QED) is 0.746. The van der Waals surface area contributed by atoms with Gasteiger partial charge in [0.05, 0.1) is 6.20 Å². The predicted molar refractivity (Wildman–Crippen MR) is 98.5 cm³/mol. The monoisotopic (exact) mass is 380 g/mol. The van der Waals surface area contributed by atoms with Crippen molar-refractivity contribution in [2.24, 2.45) is 11.3 Å². The Morgan fingerprint density at radius 3 is 2.93 bits per heavy atom. The molecule has 5 rings (SSSR count). The molecule has 28 heavy (non-hydrogen) atoms. The van der Waals surface area contributed by atoms with Crippen LogP contribution in [0.15, 0.2) is 46.0 Å². The molecular formula is C20H20N4O4. The highest BCUT2D eigenvalue weighted by molar-refractivity contribution is 5.95. The van der Waals surface area contributed by atoms with Crippen molar-refractivity contribution in [3.05, 3.63) is 48.6 Å². The van der Waals surface area contributed by atoms with Crippen LogP contribution in [0, 0.1) is 11.3 Å². The van der Waals surface area contributed by atoms with E-state index in [1.54, 1.807) is 18.5 Å². The summed E-state index contributed by atoms with van der Waals surface area (Å²) in [6.07, 6.45) is 8.93. The number of furan rings is 1. The fraction of sp³-hybridized carbons (Fsp3) is 0.400. The number of amides is 2. The maximum Gasteiger partial charge on any atom is 0.287 e. The molecule has 3 aromatic heterocycles. The van der Waals surface area contributed by atoms with E-state index < -0.39 is 0 Å². The molecule has 1 N–H and O–H groups in total. The maximum absolute atomic E-state index is 12.4. The first-order chi connectivity index (χ1) is 13.6. The minimum Gasteiger partial charge on any atom is -0.451 e. The SMILES string of the molecule is O=C(NCC1CC12CCN(C(=O)c1cocn1)CC2)c1cc2ccncc2o1. The van der Waals surface area contributed by atoms with Crippen LogP contribution in [0.5, 0.6) is 0 Å². The molecule has 2 fully saturated rings. The summed E-state index contributed by atoms with van der Waals surface area (Å²) in [5.74, 6) is 0.489. The first-order valence-corrected chi connectivity index (χ1v) is 9.44. The van der Waals surface area contributed by atoms with Crippen molar-refractivity contribution in [3.63, 3.8) is 0 Å². The highest BCUT2D eigenvalue weighted by Crippen LogP contribution is 2.59. The topological polar surface area (TPSA) is 101 Å². The number of aromatic nitrogens is 2. The molecule has 1 aliphatic carbocycles. The normalized spacial score (nSPS) is 20.4. The van der Waals surface area contributed by atoms with Gasteiger partial charge in [-0.05, 0) is 42.7 Å². The van der Waals surface area contributed by atoms with Crippen molar-refractivity contribution in [3.8, 4) is 0 Å². The van der Waals surface area contributed by atoms with Crippen LogP contribution in [0.1, 0.15) is 40.3 Å². The number of rotatable bonds is 4. The molecule has 0 radical (unpaired) electrons. The van der Waals surface area contributed by atoms with Crippen molar-refractivity contribution < 1.29 is 18.4 Å². The lowest BCUT2D eigenvalue weighted by molar-refractivity contribution is 0.0662. The first-order valence-electron chi connectivity index (χ1n) is 9.44. The molecule has 144 valence electrons. The number of hydrogen-bond donors (Lipinski definition) is 1. The van der Waals surface area contributed by atoms with Gasteiger partial charge in [-0.3, -0.25) is 14.6 Å². The number of hydrogen-bond acceptors (Lipinski definition) is 6. The second kappa shape index (κ2) is 6.47. The molecule has 1 saturated heterocycles. The molecule has 1 atom stereocenters. The standard InChI is InChI=1S/C20H20N4O4/c25-18(16-7-13-1-4-21-10-17(13)28-16)22-9-14-8-20(14)2-5-24(6-3-20)19(26)15-11-27-12-23-15/h1,4,7,10-12,14H,2-3,5-6,8-9H2,(H,22,25). The molecule has 2 amide bonds. The van der Waals surface area contributed by atoms with E-state index in [1.807, 2.05) is 11.0 Å². The van der Waals surface area contributed by atoms with E-state index in [9.17, 15) is 9.59 Å². The summed E-state index contributed by atoms with van der Waals surface area (Å²) >= 11 is 0. The summed E-state index contributed by atoms with van der Waals surface area (Å²) in [7, 11) is 0. The summed E-state index contributed by atoms with van der Waals surface area (Å²) in [6, 6.07) is 3.56. The molecule has 3 aromatic rings. The molecule has 1 unspecified atom stereocenters. The van der Waals surface area contributed by atoms with Gasteiger partial charge in [0, 0.05) is 31.2 Å². The summed E-state index contributed by atoms with van der Waals surface area (Å²) in [6.45, 7) is 2.06. The third kappa shape index (κ3) is 2.94. The Bertz CT molecular complexity index is 985. The second-order valence-corrected chi connectivity index (χ2v) is 7.66. The van der Waals surface area contributed by atoms with E-state index in [-0.39, 0.29) is 17.2 Å². The molecule has 0 bridgehead atoms. The number of nitrogens with zero attached hydrogens (tertiary/aromatic N) is 3. The number of carbonyl (C=O) groups is 2. The summed E-state index contributed by atoms with van der Waals surface area (Å²) in [4.78, 5) is 34.5. The van der Waals surface area contributed by atoms with Crippen LogP contribution >= 0.6 is 0 Å². The van der Waals surface area contributed by atoms with Gasteiger partial charge < -0.3 is 19.1 Å². The van der Waals surface area contributed by atoms with Gasteiger partial charge >= 0.3 is 0 Å². The van der Waals surface area contributed by atoms with E-state index in [4.69, 9.17) is 8.83 Å². The van der Waals surface area contributed by atoms with Crippen LogP contribution < -0.4 is 5.32 Å². The van der Waals surface area contributed by atoms with Gasteiger partial charge in [0.1, 0.15) is 6.26 Å². The van der Waals surface area contributed by atoms with E-state index in [0.717, 1.165) is 24.6 Å². The Morgan fingerprint density at radius 1 is 1.32 bits per heavy atom. The van der Waals surface area contributed by atoms with Crippen LogP contribution in [-0.2, 0) is 0 Å². The Kier molecular flexibility index (Phi) is 3.92. The van der Waals surface area contributed by atoms with Crippen molar-refractivity contribution in [2.75, 3.05) is 19.6 Å². The fourth-order valence-electron chi connectivity index (χ4n) is 4.27. The molecule has 8 heteroatoms. The second-order valence-electron chi connectivity index (χ2n) is 7.66. The number of pyridine rings is 1. The van der Waals surface area contributed by atoms with Crippen molar-refractivity contribution in [1.82, 2.24) is 20.2 Å². The Labute approximate surface area is 160 Å². The third-order valence-electron chi connectivity index (χ3n) is 6.11. The van der Waals surface area contributed by atoms with Gasteiger partial charge in [0.25, 0.3) is 11.8 Å². The molecule has 1 aliphatic heterocycles. The highest BCUT2D eigenvalue weighted by atomic mass is 16.3. The molecule has 1 saturated carbocycles. The average molecular weight is 380 g/mol. The number of carbonyl (C=O) groups excluding carboxylic acids is 2. The first kappa shape index (κ1) is 17.0. The zero-order valence-electron chi connectivity index (χ0n) is 15.3. The van der Waals surface area contributed by atoms with Gasteiger partial charge in [-0.2, -0.15) is 0 Å². The van der Waals surface area contributed by atoms with Crippen molar-refractivity contribution >= 4 is 22.8 Å². The lowest BCUT2D eigenvalue weighted by Crippen LogP contribution is -2.40. The summed E-state index contributed by atoms with van der Waals surface area (Å²) in [5, 5.41) is 3.86. The van der Waals surface area contributed by atoms with E-state index in [0.29, 0.717) is 42.6 Å². The Morgan fingerprint density at radius 2 is 2.18 bits per heavy atom. The lowest BCUT2D eigenvalue weighted by atomic mass is 9.90. The third-order valence-corrected chi connectivity index (χ3v) is 6.11. The number of piperidine rings is 1. The molecular weight excluding hydrogens is 360 g/mol. The lowest BCUT2D eigenvalue weighted by Gasteiger charge is -2.32. The van der Waals surface area contributed by atoms with Crippen LogP contribution in [0.3, 0.4) is 0 Å². The maximum atomic E-state index is 12.4. The van der Waals surface area contributed by atoms with Gasteiger partial charge in [0.2, 0.25) is 0 Å². The number of oxazole rings is 1. The highest BCUT2D eigenvalue weighted by Gasteiger charge is 2.54. The van der Waals surface area contributed by atoms with Crippen LogP contribution in [0.25, 0.3) is 11.0 Å². The van der Waals surface area contributed by atoms with Crippen molar-refractivity contribution in [1.29, 1.82) is 0 Å². The fourth-order valence-corrected chi connectivity index (χ4v) is 4.27. The predicted octanol–water partition coefficient (Wildman–Crippen LogP) is 2.49. The smallest absolute Gasteiger partial charge is 0.287 e. The average Bonchev–Trinajstić information content (AvgIpc) is 3.13. The largest absolute Gasteiger partial charge is 0.451 e. The van der Waals surface area contributed by atoms with Gasteiger partial charge in [-0.15, -0.1) is 0 Å². The zero-order valence-corrected chi connectivity index (χ0v) is 15.3. The van der Waals surface area contributed by atoms with E-state index >= 15 is 0 Å². The summed E-state index contributed by atoms with van der Waals surface area (Å²) < 4.78 is 10.5. The number of nitrogens with one attached hydrogen (secondary N) is 1. The molecule has 0 aromatic carbocycles. The van der Waals surface area contributed by atoms with Gasteiger partial charge in [0.15, 0.2) is 23.4 Å². The van der Waals surface area contributed by atoms with Crippen molar-refractivity contribution in [2.45, 2.75) is 19.3 Å². The molecule has 2 aliphatic rings. The number of likely N-dealkylation sites (tertiary alicyclic amines) is 1. The van der Waals surface area contributed by atoms with Crippen LogP contribution in [0.2, 0.25) is 0 Å². The van der Waals surface area contributed by atoms with Gasteiger partial charge in [-0.1, -0.05) is 0 Å². The zero-order chi connectivity index (χ0) is 19.1. The number of fused-ring (bicyclic) bond motifs is 1. The van der Waals surface area contributed by atoms with E-state index in [1.165, 1.54) is 12.7 Å². The van der Waals surface area contributed by atoms with Gasteiger partial charge in [-0.25, -0.2) is 4.98 Å². The minimum atomic E-state index is -0.197. The Hall–Kier alpha value is -3.16. The minimum absolute atomic E-state index is 0.0755. The molecule has 4 heterocycles. The Balaban J connectivity index is 1.14. The van der Waals surface area contributed by atoms with Crippen LogP contribution in [0.4, 0.5) is 0 Å².